The van der Waals surface area contributed by atoms with Crippen molar-refractivity contribution in [2.75, 3.05) is 73.1 Å². The van der Waals surface area contributed by atoms with Crippen LogP contribution in [0.2, 0.25) is 5.02 Å². The number of rotatable bonds is 32. The number of ether oxygens (including phenoxy) is 6. The van der Waals surface area contributed by atoms with Gasteiger partial charge >= 0.3 is 0 Å². The van der Waals surface area contributed by atoms with Gasteiger partial charge in [0.1, 0.15) is 17.2 Å². The third-order valence-electron chi connectivity index (χ3n) is 20.3. The highest BCUT2D eigenvalue weighted by Crippen LogP contribution is 2.67. The van der Waals surface area contributed by atoms with Crippen molar-refractivity contribution in [1.29, 1.82) is 0 Å². The predicted molar refractivity (Wildman–Crippen MR) is 333 cm³/mol. The van der Waals surface area contributed by atoms with Crippen molar-refractivity contribution in [2.45, 2.75) is 168 Å². The molecule has 0 aliphatic heterocycles. The number of halogens is 1. The fourth-order valence-corrected chi connectivity index (χ4v) is 17.2. The molecule has 0 saturated heterocycles. The van der Waals surface area contributed by atoms with Gasteiger partial charge in [-0.15, -0.1) is 16.4 Å². The number of benzene rings is 2. The summed E-state index contributed by atoms with van der Waals surface area (Å²) in [6, 6.07) is 20.9. The molecule has 0 radical (unpaired) electrons. The third kappa shape index (κ3) is 15.7. The van der Waals surface area contributed by atoms with E-state index < -0.39 is 0 Å². The molecular weight excluding hydrogens is 1100 g/mol. The maximum absolute atomic E-state index is 14.4. The van der Waals surface area contributed by atoms with Crippen LogP contribution in [0.3, 0.4) is 0 Å². The highest BCUT2D eigenvalue weighted by molar-refractivity contribution is 7.21. The van der Waals surface area contributed by atoms with Crippen LogP contribution in [-0.4, -0.2) is 127 Å². The van der Waals surface area contributed by atoms with E-state index in [1.807, 2.05) is 55.7 Å². The van der Waals surface area contributed by atoms with Crippen molar-refractivity contribution in [1.82, 2.24) is 30.2 Å². The first-order chi connectivity index (χ1) is 41.0. The SMILES string of the molecule is CNC1CCC(N(Cc2cccc(-c3ccnc(OCCOCCOCCOCCn4cc(COCCOCCCCCC[C@@H](C)C5CC[C@H]6[C@@H]7CC=C8C[C@@H](O)CC[C@]8(C)[C@H]7CC[C@]56C)nn4)c3)c2)C(=O)c2sc3ccccc3c2Cl)CC1. The predicted octanol–water partition coefficient (Wildman–Crippen LogP) is 13.6. The molecule has 3 aromatic heterocycles. The topological polar surface area (TPSA) is 152 Å². The maximum Gasteiger partial charge on any atom is 0.266 e. The molecule has 4 fully saturated rings. The number of aliphatic hydroxyl groups is 1. The first-order valence-electron chi connectivity index (χ1n) is 32.0. The highest BCUT2D eigenvalue weighted by Gasteiger charge is 2.59. The van der Waals surface area contributed by atoms with Gasteiger partial charge in [-0.05, 0) is 166 Å². The Hall–Kier alpha value is -4.29. The average Bonchev–Trinajstić information content (AvgIpc) is 1.61. The van der Waals surface area contributed by atoms with Crippen LogP contribution in [0, 0.1) is 40.4 Å². The lowest BCUT2D eigenvalue weighted by Gasteiger charge is -2.58. The fraction of sp³-hybridized carbons (Fsp3) is 0.647. The minimum Gasteiger partial charge on any atom is -0.475 e. The number of nitrogens with zero attached hydrogens (tertiary/aromatic N) is 5. The number of nitrogens with one attached hydrogen (secondary N) is 1. The van der Waals surface area contributed by atoms with E-state index >= 15 is 0 Å². The molecule has 5 aliphatic carbocycles. The minimum absolute atomic E-state index is 0.00537. The largest absolute Gasteiger partial charge is 0.475 e. The molecule has 4 saturated carbocycles. The zero-order valence-electron chi connectivity index (χ0n) is 50.7. The number of allylic oxidation sites excluding steroid dienone is 1. The summed E-state index contributed by atoms with van der Waals surface area (Å²) in [4.78, 5) is 21.5. The van der Waals surface area contributed by atoms with Crippen LogP contribution in [0.4, 0.5) is 0 Å². The van der Waals surface area contributed by atoms with Gasteiger partial charge in [0.25, 0.3) is 5.91 Å². The van der Waals surface area contributed by atoms with Gasteiger partial charge in [-0.3, -0.25) is 4.79 Å². The molecular formula is C68H95ClN6O8S. The first-order valence-corrected chi connectivity index (χ1v) is 33.2. The van der Waals surface area contributed by atoms with E-state index in [2.05, 4.69) is 70.6 Å². The monoisotopic (exact) mass is 1190 g/mol. The lowest BCUT2D eigenvalue weighted by atomic mass is 9.47. The second-order valence-corrected chi connectivity index (χ2v) is 26.9. The Kier molecular flexibility index (Phi) is 22.8. The number of thiophene rings is 1. The number of unbranched alkanes of at least 4 members (excludes halogenated alkanes) is 3. The normalized spacial score (nSPS) is 26.1. The van der Waals surface area contributed by atoms with Crippen LogP contribution in [0.15, 0.2) is 84.7 Å². The van der Waals surface area contributed by atoms with Crippen LogP contribution in [0.1, 0.15) is 151 Å². The van der Waals surface area contributed by atoms with E-state index in [4.69, 9.17) is 40.0 Å². The molecule has 5 aromatic rings. The number of pyridine rings is 1. The average molecular weight is 1190 g/mol. The molecule has 84 heavy (non-hydrogen) atoms. The summed E-state index contributed by atoms with van der Waals surface area (Å²) in [5, 5.41) is 23.8. The molecule has 16 heteroatoms. The lowest BCUT2D eigenvalue weighted by molar-refractivity contribution is -0.0572. The molecule has 2 aromatic carbocycles. The van der Waals surface area contributed by atoms with Gasteiger partial charge in [-0.2, -0.15) is 0 Å². The Labute approximate surface area is 509 Å². The zero-order valence-corrected chi connectivity index (χ0v) is 52.2. The summed E-state index contributed by atoms with van der Waals surface area (Å²) in [6.07, 6.45) is 26.3. The summed E-state index contributed by atoms with van der Waals surface area (Å²) >= 11 is 8.35. The van der Waals surface area contributed by atoms with Crippen molar-refractivity contribution in [3.63, 3.8) is 0 Å². The van der Waals surface area contributed by atoms with Crippen molar-refractivity contribution in [3.8, 4) is 17.0 Å². The summed E-state index contributed by atoms with van der Waals surface area (Å²) in [5.41, 5.74) is 6.28. The van der Waals surface area contributed by atoms with E-state index in [1.54, 1.807) is 16.5 Å². The molecule has 3 heterocycles. The van der Waals surface area contributed by atoms with Crippen LogP contribution in [-0.2, 0) is 43.4 Å². The second-order valence-electron chi connectivity index (χ2n) is 25.4. The van der Waals surface area contributed by atoms with Gasteiger partial charge in [0.05, 0.1) is 83.3 Å². The van der Waals surface area contributed by atoms with E-state index in [0.717, 1.165) is 114 Å². The highest BCUT2D eigenvalue weighted by atomic mass is 35.5. The molecule has 0 spiro atoms. The Morgan fingerprint density at radius 2 is 1.56 bits per heavy atom. The van der Waals surface area contributed by atoms with Crippen molar-refractivity contribution in [3.05, 3.63) is 106 Å². The van der Waals surface area contributed by atoms with Crippen LogP contribution >= 0.6 is 22.9 Å². The zero-order chi connectivity index (χ0) is 58.3. The van der Waals surface area contributed by atoms with Crippen molar-refractivity contribution in [2.24, 2.45) is 40.4 Å². The maximum atomic E-state index is 14.4. The van der Waals surface area contributed by atoms with Gasteiger partial charge in [-0.1, -0.05) is 111 Å². The number of hydrogen-bond acceptors (Lipinski definition) is 13. The summed E-state index contributed by atoms with van der Waals surface area (Å²) in [5.74, 6) is 4.74. The quantitative estimate of drug-likeness (QED) is 0.0311. The number of aromatic nitrogens is 4. The van der Waals surface area contributed by atoms with Crippen LogP contribution in [0.5, 0.6) is 5.88 Å². The number of carbonyl (C=O) groups is 1. The molecule has 8 atom stereocenters. The molecule has 10 rings (SSSR count). The van der Waals surface area contributed by atoms with Crippen molar-refractivity contribution < 1.29 is 38.3 Å². The van der Waals surface area contributed by atoms with E-state index in [0.29, 0.717) is 112 Å². The molecule has 1 unspecified atom stereocenters. The number of hydrogen-bond donors (Lipinski definition) is 2. The summed E-state index contributed by atoms with van der Waals surface area (Å²) in [6.45, 7) is 14.3. The first kappa shape index (κ1) is 62.8. The summed E-state index contributed by atoms with van der Waals surface area (Å²) in [7, 11) is 2.02. The number of fused-ring (bicyclic) bond motifs is 6. The van der Waals surface area contributed by atoms with Gasteiger partial charge in [0.2, 0.25) is 5.88 Å². The Bertz CT molecular complexity index is 2890. The van der Waals surface area contributed by atoms with E-state index in [-0.39, 0.29) is 18.1 Å². The third-order valence-corrected chi connectivity index (χ3v) is 22.0. The number of carbonyl (C=O) groups excluding carboxylic acids is 1. The summed E-state index contributed by atoms with van der Waals surface area (Å²) < 4.78 is 37.8. The van der Waals surface area contributed by atoms with Crippen molar-refractivity contribution >= 4 is 38.9 Å². The molecule has 14 nitrogen and oxygen atoms in total. The van der Waals surface area contributed by atoms with Crippen LogP contribution in [0.25, 0.3) is 21.2 Å². The smallest absolute Gasteiger partial charge is 0.266 e. The van der Waals surface area contributed by atoms with Gasteiger partial charge in [0, 0.05) is 47.6 Å². The fourth-order valence-electron chi connectivity index (χ4n) is 15.7. The number of aliphatic hydroxyl groups excluding tert-OH is 1. The molecule has 2 N–H and O–H groups in total. The molecule has 1 amide bonds. The second kappa shape index (κ2) is 30.6. The molecule has 458 valence electrons. The minimum atomic E-state index is -0.119. The molecule has 5 aliphatic rings. The van der Waals surface area contributed by atoms with E-state index in [9.17, 15) is 9.90 Å². The Morgan fingerprint density at radius 3 is 2.37 bits per heavy atom. The Balaban J connectivity index is 0.528. The van der Waals surface area contributed by atoms with Gasteiger partial charge < -0.3 is 43.7 Å². The standard InChI is InChI=1S/C68H95ClN6O8S/c1-48(59-23-24-60-57-22-17-52-44-56(76)25-28-67(52,2)61(57)26-29-68(59,60)3)12-7-5-6-10-32-78-38-39-82-47-54-46-74(73-72-54)31-33-79-34-35-80-36-37-81-40-41-83-63-43-51(27-30-71-63)50-14-11-13-49(42-50)45-75(55-20-18-53(70-4)19-21-55)66(77)65-64(69)58-15-8-9-16-62(58)84-65/h8-9,11,13-17,27,30,42-43,46,48,53,55-57,59-61,70,76H,5-7,10,12,18-26,28-29,31-41,44-45,47H2,1-4H3/t48-,53?,55?,56+,57+,59?,60+,61+,67+,68-/m1/s1. The van der Waals surface area contributed by atoms with Gasteiger partial charge in [0.15, 0.2) is 0 Å². The lowest BCUT2D eigenvalue weighted by Crippen LogP contribution is -2.50. The molecule has 0 bridgehead atoms. The van der Waals surface area contributed by atoms with E-state index in [1.165, 1.54) is 75.5 Å². The number of amides is 1. The van der Waals surface area contributed by atoms with Gasteiger partial charge in [-0.25, -0.2) is 9.67 Å². The van der Waals surface area contributed by atoms with Crippen LogP contribution < -0.4 is 10.1 Å². The Morgan fingerprint density at radius 1 is 0.810 bits per heavy atom.